The molecule has 0 aliphatic carbocycles. The van der Waals surface area contributed by atoms with E-state index in [0.717, 1.165) is 41.1 Å². The van der Waals surface area contributed by atoms with Crippen molar-refractivity contribution >= 4 is 23.2 Å². The topological polar surface area (TPSA) is 71.5 Å². The maximum Gasteiger partial charge on any atom is 0.266 e. The fourth-order valence-corrected chi connectivity index (χ4v) is 4.56. The lowest BCUT2D eigenvalue weighted by Crippen LogP contribution is -2.31. The van der Waals surface area contributed by atoms with E-state index in [4.69, 9.17) is 9.72 Å². The Kier molecular flexibility index (Phi) is 5.67. The number of carbonyl (C=O) groups is 1. The van der Waals surface area contributed by atoms with Gasteiger partial charge in [0.25, 0.3) is 5.91 Å². The van der Waals surface area contributed by atoms with Crippen LogP contribution in [0.5, 0.6) is 5.75 Å². The molecule has 1 unspecified atom stereocenters. The zero-order valence-corrected chi connectivity index (χ0v) is 18.4. The first kappa shape index (κ1) is 20.3. The molecule has 2 aromatic heterocycles. The molecular weight excluding hydrogens is 398 g/mol. The van der Waals surface area contributed by atoms with E-state index in [1.54, 1.807) is 12.6 Å². The van der Waals surface area contributed by atoms with Crippen LogP contribution in [-0.2, 0) is 0 Å². The van der Waals surface area contributed by atoms with E-state index in [-0.39, 0.29) is 11.9 Å². The molecule has 1 atom stereocenters. The van der Waals surface area contributed by atoms with Crippen molar-refractivity contribution in [2.45, 2.75) is 25.8 Å². The van der Waals surface area contributed by atoms with Crippen molar-refractivity contribution in [2.24, 2.45) is 0 Å². The summed E-state index contributed by atoms with van der Waals surface area (Å²) in [4.78, 5) is 31.5. The standard InChI is InChI=1S/C22H25N5O2S/c1-14-20(30-13-24-14)21(28)27-10-6-9-18(27)19-17(12-23-22(25-19)26(2)3)15-7-5-8-16(11-15)29-4/h5,7-8,11-13,18H,6,9-10H2,1-4H3. The van der Waals surface area contributed by atoms with Crippen LogP contribution in [0.3, 0.4) is 0 Å². The minimum atomic E-state index is -0.109. The number of benzene rings is 1. The van der Waals surface area contributed by atoms with Crippen LogP contribution in [0.15, 0.2) is 36.0 Å². The molecule has 0 radical (unpaired) electrons. The van der Waals surface area contributed by atoms with E-state index in [2.05, 4.69) is 9.97 Å². The average Bonchev–Trinajstić information content (AvgIpc) is 3.42. The summed E-state index contributed by atoms with van der Waals surface area (Å²) in [6.45, 7) is 2.59. The van der Waals surface area contributed by atoms with Crippen molar-refractivity contribution in [1.29, 1.82) is 0 Å². The summed E-state index contributed by atoms with van der Waals surface area (Å²) in [5.74, 6) is 1.43. The van der Waals surface area contributed by atoms with Crippen molar-refractivity contribution in [3.8, 4) is 16.9 Å². The second-order valence-electron chi connectivity index (χ2n) is 7.52. The van der Waals surface area contributed by atoms with Crippen LogP contribution in [-0.4, -0.2) is 53.5 Å². The van der Waals surface area contributed by atoms with Crippen LogP contribution in [0.1, 0.15) is 39.9 Å². The van der Waals surface area contributed by atoms with E-state index in [1.807, 2.05) is 61.3 Å². The van der Waals surface area contributed by atoms with Gasteiger partial charge in [-0.15, -0.1) is 11.3 Å². The Morgan fingerprint density at radius 1 is 1.30 bits per heavy atom. The number of aryl methyl sites for hydroxylation is 1. The average molecular weight is 424 g/mol. The highest BCUT2D eigenvalue weighted by Crippen LogP contribution is 2.39. The molecule has 0 N–H and O–H groups in total. The molecule has 0 saturated carbocycles. The molecule has 7 nitrogen and oxygen atoms in total. The number of rotatable bonds is 5. The van der Waals surface area contributed by atoms with Gasteiger partial charge in [-0.25, -0.2) is 15.0 Å². The molecule has 8 heteroatoms. The summed E-state index contributed by atoms with van der Waals surface area (Å²) in [5.41, 5.74) is 5.27. The third kappa shape index (κ3) is 3.75. The van der Waals surface area contributed by atoms with E-state index < -0.39 is 0 Å². The number of aromatic nitrogens is 3. The van der Waals surface area contributed by atoms with Gasteiger partial charge in [0, 0.05) is 32.4 Å². The number of nitrogens with zero attached hydrogens (tertiary/aromatic N) is 5. The molecular formula is C22H25N5O2S. The first-order valence-electron chi connectivity index (χ1n) is 9.89. The molecule has 1 fully saturated rings. The molecule has 0 bridgehead atoms. The Bertz CT molecular complexity index is 1070. The van der Waals surface area contributed by atoms with Crippen molar-refractivity contribution in [1.82, 2.24) is 19.9 Å². The second kappa shape index (κ2) is 8.39. The van der Waals surface area contributed by atoms with Gasteiger partial charge < -0.3 is 14.5 Å². The van der Waals surface area contributed by atoms with Crippen molar-refractivity contribution in [2.75, 3.05) is 32.6 Å². The van der Waals surface area contributed by atoms with Crippen molar-refractivity contribution in [3.63, 3.8) is 0 Å². The lowest BCUT2D eigenvalue weighted by Gasteiger charge is -2.26. The molecule has 4 rings (SSSR count). The number of methoxy groups -OCH3 is 1. The van der Waals surface area contributed by atoms with E-state index in [0.29, 0.717) is 17.4 Å². The zero-order chi connectivity index (χ0) is 21.3. The van der Waals surface area contributed by atoms with E-state index in [9.17, 15) is 4.79 Å². The fourth-order valence-electron chi connectivity index (χ4n) is 3.80. The van der Waals surface area contributed by atoms with Gasteiger partial charge >= 0.3 is 0 Å². The highest BCUT2D eigenvalue weighted by atomic mass is 32.1. The number of hydrogen-bond acceptors (Lipinski definition) is 7. The number of likely N-dealkylation sites (tertiary alicyclic amines) is 1. The molecule has 3 aromatic rings. The van der Waals surface area contributed by atoms with Gasteiger partial charge in [-0.2, -0.15) is 0 Å². The number of anilines is 1. The SMILES string of the molecule is COc1cccc(-c2cnc(N(C)C)nc2C2CCCN2C(=O)c2scnc2C)c1. The quantitative estimate of drug-likeness (QED) is 0.619. The molecule has 0 spiro atoms. The Labute approximate surface area is 180 Å². The summed E-state index contributed by atoms with van der Waals surface area (Å²) in [6.07, 6.45) is 3.66. The predicted octanol–water partition coefficient (Wildman–Crippen LogP) is 3.96. The van der Waals surface area contributed by atoms with Crippen LogP contribution >= 0.6 is 11.3 Å². The molecule has 1 aliphatic rings. The first-order chi connectivity index (χ1) is 14.5. The maximum atomic E-state index is 13.3. The second-order valence-corrected chi connectivity index (χ2v) is 8.37. The molecule has 156 valence electrons. The van der Waals surface area contributed by atoms with Gasteiger partial charge in [0.05, 0.1) is 30.1 Å². The van der Waals surface area contributed by atoms with Crippen LogP contribution in [0, 0.1) is 6.92 Å². The Morgan fingerprint density at radius 2 is 2.13 bits per heavy atom. The summed E-state index contributed by atoms with van der Waals surface area (Å²) < 4.78 is 5.41. The number of hydrogen-bond donors (Lipinski definition) is 0. The van der Waals surface area contributed by atoms with Crippen LogP contribution < -0.4 is 9.64 Å². The van der Waals surface area contributed by atoms with Gasteiger partial charge in [0.2, 0.25) is 5.95 Å². The lowest BCUT2D eigenvalue weighted by molar-refractivity contribution is 0.0737. The third-order valence-electron chi connectivity index (χ3n) is 5.36. The first-order valence-corrected chi connectivity index (χ1v) is 10.8. The normalized spacial score (nSPS) is 16.0. The van der Waals surface area contributed by atoms with Crippen molar-refractivity contribution in [3.05, 3.63) is 52.2 Å². The minimum absolute atomic E-state index is 0.0270. The number of carbonyl (C=O) groups excluding carboxylic acids is 1. The summed E-state index contributed by atoms with van der Waals surface area (Å²) >= 11 is 1.40. The molecule has 1 aromatic carbocycles. The molecule has 1 saturated heterocycles. The summed E-state index contributed by atoms with van der Waals surface area (Å²) in [5, 5.41) is 0. The lowest BCUT2D eigenvalue weighted by atomic mass is 9.99. The summed E-state index contributed by atoms with van der Waals surface area (Å²) in [6, 6.07) is 7.76. The van der Waals surface area contributed by atoms with Gasteiger partial charge in [0.15, 0.2) is 0 Å². The Hall–Kier alpha value is -3.00. The van der Waals surface area contributed by atoms with Crippen LogP contribution in [0.25, 0.3) is 11.1 Å². The van der Waals surface area contributed by atoms with Crippen molar-refractivity contribution < 1.29 is 9.53 Å². The highest BCUT2D eigenvalue weighted by molar-refractivity contribution is 7.11. The number of ether oxygens (including phenoxy) is 1. The largest absolute Gasteiger partial charge is 0.497 e. The number of thiazole rings is 1. The van der Waals surface area contributed by atoms with Crippen LogP contribution in [0.2, 0.25) is 0 Å². The maximum absolute atomic E-state index is 13.3. The third-order valence-corrected chi connectivity index (χ3v) is 6.27. The van der Waals surface area contributed by atoms with Gasteiger partial charge in [-0.1, -0.05) is 12.1 Å². The molecule has 3 heterocycles. The Morgan fingerprint density at radius 3 is 2.83 bits per heavy atom. The Balaban J connectivity index is 1.80. The van der Waals surface area contributed by atoms with E-state index >= 15 is 0 Å². The smallest absolute Gasteiger partial charge is 0.266 e. The van der Waals surface area contributed by atoms with E-state index in [1.165, 1.54) is 11.3 Å². The predicted molar refractivity (Wildman–Crippen MR) is 118 cm³/mol. The highest BCUT2D eigenvalue weighted by Gasteiger charge is 2.35. The molecule has 30 heavy (non-hydrogen) atoms. The van der Waals surface area contributed by atoms with Gasteiger partial charge in [-0.05, 0) is 37.5 Å². The molecule has 1 amide bonds. The fraction of sp³-hybridized carbons (Fsp3) is 0.364. The monoisotopic (exact) mass is 423 g/mol. The van der Waals surface area contributed by atoms with Gasteiger partial charge in [0.1, 0.15) is 10.6 Å². The summed E-state index contributed by atoms with van der Waals surface area (Å²) in [7, 11) is 5.49. The van der Waals surface area contributed by atoms with Gasteiger partial charge in [-0.3, -0.25) is 4.79 Å². The molecule has 1 aliphatic heterocycles. The number of amides is 1. The zero-order valence-electron chi connectivity index (χ0n) is 17.6. The van der Waals surface area contributed by atoms with Crippen LogP contribution in [0.4, 0.5) is 5.95 Å². The minimum Gasteiger partial charge on any atom is -0.497 e.